The normalized spacial score (nSPS) is 12.3. The SMILES string of the molecule is Cc1ccc(-n2nnnc2S[C@H](C)c2ccc(F)cc2)cc1C. The van der Waals surface area contributed by atoms with Crippen molar-refractivity contribution in [2.24, 2.45) is 0 Å². The first-order valence-corrected chi connectivity index (χ1v) is 8.20. The number of tetrazole rings is 1. The van der Waals surface area contributed by atoms with Crippen LogP contribution in [0.4, 0.5) is 4.39 Å². The molecule has 3 aromatic rings. The summed E-state index contributed by atoms with van der Waals surface area (Å²) in [7, 11) is 0. The molecule has 0 saturated heterocycles. The molecule has 0 fully saturated rings. The molecule has 0 spiro atoms. The van der Waals surface area contributed by atoms with Gasteiger partial charge in [-0.05, 0) is 72.2 Å². The maximum atomic E-state index is 13.0. The highest BCUT2D eigenvalue weighted by molar-refractivity contribution is 7.99. The monoisotopic (exact) mass is 328 g/mol. The Morgan fingerprint density at radius 3 is 2.48 bits per heavy atom. The lowest BCUT2D eigenvalue weighted by molar-refractivity contribution is 0.627. The summed E-state index contributed by atoms with van der Waals surface area (Å²) in [6, 6.07) is 12.7. The van der Waals surface area contributed by atoms with Crippen LogP contribution in [-0.4, -0.2) is 20.2 Å². The summed E-state index contributed by atoms with van der Waals surface area (Å²) < 4.78 is 14.8. The molecule has 0 amide bonds. The number of nitrogens with zero attached hydrogens (tertiary/aromatic N) is 4. The number of hydrogen-bond acceptors (Lipinski definition) is 4. The van der Waals surface area contributed by atoms with E-state index in [1.54, 1.807) is 28.6 Å². The second-order valence-electron chi connectivity index (χ2n) is 5.45. The van der Waals surface area contributed by atoms with Gasteiger partial charge in [-0.15, -0.1) is 5.10 Å². The molecule has 0 aliphatic heterocycles. The second kappa shape index (κ2) is 6.50. The lowest BCUT2D eigenvalue weighted by Crippen LogP contribution is -2.01. The van der Waals surface area contributed by atoms with Crippen molar-refractivity contribution in [1.29, 1.82) is 0 Å². The smallest absolute Gasteiger partial charge is 0.207 e. The molecule has 2 aromatic carbocycles. The third-order valence-corrected chi connectivity index (χ3v) is 4.89. The van der Waals surface area contributed by atoms with Crippen LogP contribution in [0.25, 0.3) is 5.69 Å². The van der Waals surface area contributed by atoms with Gasteiger partial charge in [-0.25, -0.2) is 4.39 Å². The quantitative estimate of drug-likeness (QED) is 0.671. The Morgan fingerprint density at radius 2 is 1.78 bits per heavy atom. The van der Waals surface area contributed by atoms with Crippen LogP contribution in [-0.2, 0) is 0 Å². The van der Waals surface area contributed by atoms with Crippen LogP contribution in [0, 0.1) is 19.7 Å². The van der Waals surface area contributed by atoms with Gasteiger partial charge in [0, 0.05) is 5.25 Å². The maximum absolute atomic E-state index is 13.0. The average Bonchev–Trinajstić information content (AvgIpc) is 2.99. The van der Waals surface area contributed by atoms with E-state index in [-0.39, 0.29) is 11.1 Å². The van der Waals surface area contributed by atoms with Gasteiger partial charge in [0.15, 0.2) is 0 Å². The molecule has 1 atom stereocenters. The van der Waals surface area contributed by atoms with E-state index in [2.05, 4.69) is 48.4 Å². The van der Waals surface area contributed by atoms with Gasteiger partial charge in [0.05, 0.1) is 5.69 Å². The second-order valence-corrected chi connectivity index (χ2v) is 6.76. The lowest BCUT2D eigenvalue weighted by atomic mass is 10.1. The van der Waals surface area contributed by atoms with Crippen molar-refractivity contribution >= 4 is 11.8 Å². The molecule has 0 radical (unpaired) electrons. The van der Waals surface area contributed by atoms with Gasteiger partial charge >= 0.3 is 0 Å². The Hall–Kier alpha value is -2.21. The first-order chi connectivity index (χ1) is 11.0. The summed E-state index contributed by atoms with van der Waals surface area (Å²) in [6.45, 7) is 6.19. The number of rotatable bonds is 4. The van der Waals surface area contributed by atoms with E-state index in [0.29, 0.717) is 5.16 Å². The number of hydrogen-bond donors (Lipinski definition) is 0. The fourth-order valence-corrected chi connectivity index (χ4v) is 3.17. The van der Waals surface area contributed by atoms with Crippen molar-refractivity contribution in [3.05, 3.63) is 65.0 Å². The average molecular weight is 328 g/mol. The number of aromatic nitrogens is 4. The molecule has 6 heteroatoms. The molecule has 4 nitrogen and oxygen atoms in total. The molecule has 1 aromatic heterocycles. The summed E-state index contributed by atoms with van der Waals surface area (Å²) >= 11 is 1.55. The van der Waals surface area contributed by atoms with E-state index in [1.807, 2.05) is 6.07 Å². The van der Waals surface area contributed by atoms with Gasteiger partial charge in [-0.1, -0.05) is 30.0 Å². The van der Waals surface area contributed by atoms with Gasteiger partial charge in [0.1, 0.15) is 5.82 Å². The van der Waals surface area contributed by atoms with Gasteiger partial charge in [0.2, 0.25) is 5.16 Å². The summed E-state index contributed by atoms with van der Waals surface area (Å²) in [5.41, 5.74) is 4.40. The highest BCUT2D eigenvalue weighted by Crippen LogP contribution is 2.34. The minimum absolute atomic E-state index is 0.117. The zero-order valence-corrected chi connectivity index (χ0v) is 14.0. The first-order valence-electron chi connectivity index (χ1n) is 7.33. The summed E-state index contributed by atoms with van der Waals surface area (Å²) in [6.07, 6.45) is 0. The van der Waals surface area contributed by atoms with Crippen molar-refractivity contribution in [2.75, 3.05) is 0 Å². The summed E-state index contributed by atoms with van der Waals surface area (Å²) in [5.74, 6) is -0.231. The van der Waals surface area contributed by atoms with Gasteiger partial charge in [0.25, 0.3) is 0 Å². The Bertz CT molecular complexity index is 814. The largest absolute Gasteiger partial charge is 0.214 e. The Morgan fingerprint density at radius 1 is 1.04 bits per heavy atom. The zero-order valence-electron chi connectivity index (χ0n) is 13.2. The van der Waals surface area contributed by atoms with Crippen molar-refractivity contribution in [3.8, 4) is 5.69 Å². The van der Waals surface area contributed by atoms with Gasteiger partial charge in [-0.3, -0.25) is 0 Å². The molecule has 0 saturated carbocycles. The third kappa shape index (κ3) is 3.42. The van der Waals surface area contributed by atoms with E-state index < -0.39 is 0 Å². The molecule has 0 unspecified atom stereocenters. The van der Waals surface area contributed by atoms with Crippen molar-refractivity contribution in [1.82, 2.24) is 20.2 Å². The predicted molar refractivity (Wildman–Crippen MR) is 89.3 cm³/mol. The number of thioether (sulfide) groups is 1. The van der Waals surface area contributed by atoms with E-state index in [1.165, 1.54) is 23.3 Å². The predicted octanol–water partition coefficient (Wildman–Crippen LogP) is 4.27. The minimum Gasteiger partial charge on any atom is -0.207 e. The summed E-state index contributed by atoms with van der Waals surface area (Å²) in [4.78, 5) is 0. The highest BCUT2D eigenvalue weighted by atomic mass is 32.2. The van der Waals surface area contributed by atoms with Gasteiger partial charge in [-0.2, -0.15) is 4.68 Å². The molecule has 0 aliphatic rings. The molecule has 1 heterocycles. The van der Waals surface area contributed by atoms with E-state index >= 15 is 0 Å². The molecular formula is C17H17FN4S. The Kier molecular flexibility index (Phi) is 4.43. The number of benzene rings is 2. The highest BCUT2D eigenvalue weighted by Gasteiger charge is 2.15. The van der Waals surface area contributed by atoms with Crippen LogP contribution in [0.5, 0.6) is 0 Å². The van der Waals surface area contributed by atoms with Crippen LogP contribution in [0.1, 0.15) is 28.9 Å². The maximum Gasteiger partial charge on any atom is 0.214 e. The number of aryl methyl sites for hydroxylation is 2. The summed E-state index contributed by atoms with van der Waals surface area (Å²) in [5, 5.41) is 12.8. The van der Waals surface area contributed by atoms with E-state index in [0.717, 1.165) is 11.3 Å². The fourth-order valence-electron chi connectivity index (χ4n) is 2.23. The molecule has 0 N–H and O–H groups in total. The van der Waals surface area contributed by atoms with Crippen LogP contribution < -0.4 is 0 Å². The first kappa shape index (κ1) is 15.7. The topological polar surface area (TPSA) is 43.6 Å². The van der Waals surface area contributed by atoms with Gasteiger partial charge < -0.3 is 0 Å². The molecule has 0 aliphatic carbocycles. The minimum atomic E-state index is -0.231. The van der Waals surface area contributed by atoms with Crippen LogP contribution in [0.15, 0.2) is 47.6 Å². The van der Waals surface area contributed by atoms with Crippen molar-refractivity contribution in [3.63, 3.8) is 0 Å². The van der Waals surface area contributed by atoms with Crippen LogP contribution in [0.3, 0.4) is 0 Å². The van der Waals surface area contributed by atoms with Crippen molar-refractivity contribution in [2.45, 2.75) is 31.2 Å². The standard InChI is InChI=1S/C17H17FN4S/c1-11-4-9-16(10-12(11)2)22-17(19-20-21-22)23-13(3)14-5-7-15(18)8-6-14/h4-10,13H,1-3H3/t13-/m1/s1. The lowest BCUT2D eigenvalue weighted by Gasteiger charge is -2.12. The molecule has 3 rings (SSSR count). The van der Waals surface area contributed by atoms with E-state index in [4.69, 9.17) is 0 Å². The zero-order chi connectivity index (χ0) is 16.4. The van der Waals surface area contributed by atoms with E-state index in [9.17, 15) is 4.39 Å². The molecule has 118 valence electrons. The fraction of sp³-hybridized carbons (Fsp3) is 0.235. The molecule has 0 bridgehead atoms. The Balaban J connectivity index is 1.86. The van der Waals surface area contributed by atoms with Crippen LogP contribution in [0.2, 0.25) is 0 Å². The molecular weight excluding hydrogens is 311 g/mol. The number of halogens is 1. The third-order valence-electron chi connectivity index (χ3n) is 3.80. The van der Waals surface area contributed by atoms with Crippen LogP contribution >= 0.6 is 11.8 Å². The Labute approximate surface area is 138 Å². The molecule has 23 heavy (non-hydrogen) atoms. The van der Waals surface area contributed by atoms with Crippen molar-refractivity contribution < 1.29 is 4.39 Å².